The van der Waals surface area contributed by atoms with Crippen LogP contribution in [0.1, 0.15) is 13.3 Å². The number of halogens is 2. The van der Waals surface area contributed by atoms with E-state index in [-0.39, 0.29) is 10.6 Å². The van der Waals surface area contributed by atoms with E-state index in [1.807, 2.05) is 12.1 Å². The van der Waals surface area contributed by atoms with E-state index in [1.54, 1.807) is 12.1 Å². The minimum atomic E-state index is -0.514. The maximum absolute atomic E-state index is 13.4. The van der Waals surface area contributed by atoms with Gasteiger partial charge >= 0.3 is 0 Å². The third-order valence-corrected chi connectivity index (χ3v) is 4.78. The van der Waals surface area contributed by atoms with Crippen LogP contribution in [0.3, 0.4) is 0 Å². The van der Waals surface area contributed by atoms with E-state index in [0.717, 1.165) is 12.2 Å². The zero-order valence-electron chi connectivity index (χ0n) is 12.4. The molecule has 0 aliphatic carbocycles. The van der Waals surface area contributed by atoms with Crippen molar-refractivity contribution in [2.24, 2.45) is 0 Å². The summed E-state index contributed by atoms with van der Waals surface area (Å²) in [6.07, 6.45) is 0.956. The molecular formula is C17H14ClFN2OS. The molecule has 118 valence electrons. The van der Waals surface area contributed by atoms with E-state index in [1.165, 1.54) is 34.5 Å². The summed E-state index contributed by atoms with van der Waals surface area (Å²) in [5.74, 6) is 0.319. The first-order valence-corrected chi connectivity index (χ1v) is 8.58. The maximum atomic E-state index is 13.4. The molecule has 0 atom stereocenters. The van der Waals surface area contributed by atoms with Crippen molar-refractivity contribution in [3.05, 3.63) is 63.7 Å². The van der Waals surface area contributed by atoms with Crippen molar-refractivity contribution in [1.82, 2.24) is 9.55 Å². The van der Waals surface area contributed by atoms with Gasteiger partial charge in [0.05, 0.1) is 21.6 Å². The quantitative estimate of drug-likeness (QED) is 0.507. The fourth-order valence-electron chi connectivity index (χ4n) is 2.25. The standard InChI is InChI=1S/C17H14ClFN2OS/c1-2-9-23-17-20-15-6-4-3-5-12(15)16(22)21(17)11-7-8-14(19)13(18)10-11/h3-8,10H,2,9H2,1H3. The second-order valence-corrected chi connectivity index (χ2v) is 6.47. The summed E-state index contributed by atoms with van der Waals surface area (Å²) in [4.78, 5) is 17.5. The average molecular weight is 349 g/mol. The zero-order valence-corrected chi connectivity index (χ0v) is 14.0. The van der Waals surface area contributed by atoms with E-state index < -0.39 is 5.82 Å². The summed E-state index contributed by atoms with van der Waals surface area (Å²) in [5, 5.41) is 1.08. The smallest absolute Gasteiger partial charge is 0.266 e. The second kappa shape index (κ2) is 6.72. The van der Waals surface area contributed by atoms with Crippen LogP contribution in [-0.4, -0.2) is 15.3 Å². The van der Waals surface area contributed by atoms with Gasteiger partial charge in [0.2, 0.25) is 0 Å². The fraction of sp³-hybridized carbons (Fsp3) is 0.176. The second-order valence-electron chi connectivity index (χ2n) is 5.00. The summed E-state index contributed by atoms with van der Waals surface area (Å²) in [7, 11) is 0. The van der Waals surface area contributed by atoms with Crippen molar-refractivity contribution in [3.8, 4) is 5.69 Å². The number of nitrogens with zero attached hydrogens (tertiary/aromatic N) is 2. The van der Waals surface area contributed by atoms with Gasteiger partial charge in [-0.15, -0.1) is 0 Å². The minimum absolute atomic E-state index is 0.0194. The van der Waals surface area contributed by atoms with Crippen LogP contribution in [-0.2, 0) is 0 Å². The van der Waals surface area contributed by atoms with Gasteiger partial charge < -0.3 is 0 Å². The third kappa shape index (κ3) is 3.12. The van der Waals surface area contributed by atoms with E-state index >= 15 is 0 Å². The highest BCUT2D eigenvalue weighted by Gasteiger charge is 2.14. The minimum Gasteiger partial charge on any atom is -0.268 e. The maximum Gasteiger partial charge on any atom is 0.266 e. The molecule has 0 unspecified atom stereocenters. The predicted molar refractivity (Wildman–Crippen MR) is 93.3 cm³/mol. The van der Waals surface area contributed by atoms with Gasteiger partial charge in [0.1, 0.15) is 5.82 Å². The van der Waals surface area contributed by atoms with Crippen molar-refractivity contribution in [1.29, 1.82) is 0 Å². The molecule has 0 radical (unpaired) electrons. The predicted octanol–water partition coefficient (Wildman–Crippen LogP) is 4.68. The van der Waals surface area contributed by atoms with Crippen molar-refractivity contribution in [2.75, 3.05) is 5.75 Å². The normalized spacial score (nSPS) is 11.1. The molecule has 2 aromatic carbocycles. The van der Waals surface area contributed by atoms with Crippen LogP contribution >= 0.6 is 23.4 Å². The van der Waals surface area contributed by atoms with Gasteiger partial charge in [-0.3, -0.25) is 9.36 Å². The molecule has 1 aromatic heterocycles. The molecular weight excluding hydrogens is 335 g/mol. The largest absolute Gasteiger partial charge is 0.268 e. The molecule has 0 saturated carbocycles. The van der Waals surface area contributed by atoms with Crippen molar-refractivity contribution < 1.29 is 4.39 Å². The molecule has 0 aliphatic heterocycles. The molecule has 0 fully saturated rings. The number of rotatable bonds is 4. The van der Waals surface area contributed by atoms with Crippen LogP contribution in [0.15, 0.2) is 52.4 Å². The first kappa shape index (κ1) is 16.0. The van der Waals surface area contributed by atoms with Gasteiger partial charge in [0, 0.05) is 5.75 Å². The Balaban J connectivity index is 2.29. The van der Waals surface area contributed by atoms with Gasteiger partial charge in [-0.2, -0.15) is 0 Å². The van der Waals surface area contributed by atoms with Crippen molar-refractivity contribution in [3.63, 3.8) is 0 Å². The first-order valence-electron chi connectivity index (χ1n) is 7.22. The van der Waals surface area contributed by atoms with E-state index in [0.29, 0.717) is 21.7 Å². The van der Waals surface area contributed by atoms with Gasteiger partial charge in [0.15, 0.2) is 5.16 Å². The summed E-state index contributed by atoms with van der Waals surface area (Å²) >= 11 is 7.37. The monoisotopic (exact) mass is 348 g/mol. The highest BCUT2D eigenvalue weighted by Crippen LogP contribution is 2.24. The number of para-hydroxylation sites is 1. The molecule has 1 heterocycles. The molecule has 0 bridgehead atoms. The lowest BCUT2D eigenvalue weighted by atomic mass is 10.2. The molecule has 3 nitrogen and oxygen atoms in total. The molecule has 0 amide bonds. The number of hydrogen-bond donors (Lipinski definition) is 0. The molecule has 0 saturated heterocycles. The number of aromatic nitrogens is 2. The lowest BCUT2D eigenvalue weighted by molar-refractivity contribution is 0.627. The van der Waals surface area contributed by atoms with Gasteiger partial charge in [-0.1, -0.05) is 42.4 Å². The Hall–Kier alpha value is -1.85. The highest BCUT2D eigenvalue weighted by atomic mass is 35.5. The Morgan fingerprint density at radius 2 is 2.04 bits per heavy atom. The van der Waals surface area contributed by atoms with E-state index in [9.17, 15) is 9.18 Å². The van der Waals surface area contributed by atoms with Gasteiger partial charge in [-0.25, -0.2) is 9.37 Å². The third-order valence-electron chi connectivity index (χ3n) is 3.34. The van der Waals surface area contributed by atoms with Crippen molar-refractivity contribution >= 4 is 34.3 Å². The van der Waals surface area contributed by atoms with Crippen LogP contribution in [0.5, 0.6) is 0 Å². The molecule has 3 aromatic rings. The molecule has 6 heteroatoms. The fourth-order valence-corrected chi connectivity index (χ4v) is 3.30. The van der Waals surface area contributed by atoms with Crippen LogP contribution in [0.2, 0.25) is 5.02 Å². The van der Waals surface area contributed by atoms with E-state index in [4.69, 9.17) is 11.6 Å². The Labute approximate surface area is 142 Å². The Kier molecular flexibility index (Phi) is 4.68. The summed E-state index contributed by atoms with van der Waals surface area (Å²) in [6, 6.07) is 11.4. The van der Waals surface area contributed by atoms with Crippen LogP contribution in [0.4, 0.5) is 4.39 Å². The summed E-state index contributed by atoms with van der Waals surface area (Å²) in [6.45, 7) is 2.06. The Morgan fingerprint density at radius 1 is 1.26 bits per heavy atom. The van der Waals surface area contributed by atoms with Crippen LogP contribution in [0.25, 0.3) is 16.6 Å². The lowest BCUT2D eigenvalue weighted by Crippen LogP contribution is -2.21. The zero-order chi connectivity index (χ0) is 16.4. The van der Waals surface area contributed by atoms with Crippen LogP contribution < -0.4 is 5.56 Å². The number of benzene rings is 2. The summed E-state index contributed by atoms with van der Waals surface area (Å²) in [5.41, 5.74) is 0.982. The van der Waals surface area contributed by atoms with E-state index in [2.05, 4.69) is 11.9 Å². The molecule has 0 spiro atoms. The summed E-state index contributed by atoms with van der Waals surface area (Å²) < 4.78 is 14.9. The number of thioether (sulfide) groups is 1. The number of hydrogen-bond acceptors (Lipinski definition) is 3. The molecule has 3 rings (SSSR count). The average Bonchev–Trinajstić information content (AvgIpc) is 2.56. The SMILES string of the molecule is CCCSc1nc2ccccc2c(=O)n1-c1ccc(F)c(Cl)c1. The van der Waals surface area contributed by atoms with Gasteiger partial charge in [-0.05, 0) is 36.8 Å². The van der Waals surface area contributed by atoms with Crippen molar-refractivity contribution in [2.45, 2.75) is 18.5 Å². The first-order chi connectivity index (χ1) is 11.1. The highest BCUT2D eigenvalue weighted by molar-refractivity contribution is 7.99. The molecule has 0 aliphatic rings. The van der Waals surface area contributed by atoms with Gasteiger partial charge in [0.25, 0.3) is 5.56 Å². The Morgan fingerprint density at radius 3 is 2.78 bits per heavy atom. The molecule has 0 N–H and O–H groups in total. The topological polar surface area (TPSA) is 34.9 Å². The van der Waals surface area contributed by atoms with Crippen LogP contribution in [0, 0.1) is 5.82 Å². The molecule has 23 heavy (non-hydrogen) atoms. The number of fused-ring (bicyclic) bond motifs is 1. The Bertz CT molecular complexity index is 926. The lowest BCUT2D eigenvalue weighted by Gasteiger charge is -2.13.